The van der Waals surface area contributed by atoms with Gasteiger partial charge in [0.15, 0.2) is 11.6 Å². The number of anilines is 1. The summed E-state index contributed by atoms with van der Waals surface area (Å²) in [6, 6.07) is 10.2. The minimum atomic E-state index is -1.03. The van der Waals surface area contributed by atoms with Crippen molar-refractivity contribution in [2.75, 3.05) is 12.8 Å². The Hall–Kier alpha value is -2.43. The van der Waals surface area contributed by atoms with Crippen molar-refractivity contribution in [2.24, 2.45) is 0 Å². The average Bonchev–Trinajstić information content (AvgIpc) is 2.43. The van der Waals surface area contributed by atoms with Crippen molar-refractivity contribution in [3.63, 3.8) is 0 Å². The van der Waals surface area contributed by atoms with Gasteiger partial charge in [-0.2, -0.15) is 0 Å². The number of carbonyl (C=O) groups is 1. The van der Waals surface area contributed by atoms with Crippen LogP contribution in [-0.4, -0.2) is 17.9 Å². The van der Waals surface area contributed by atoms with Gasteiger partial charge in [-0.1, -0.05) is 12.1 Å². The number of carbonyl (C=O) groups excluding carboxylic acids is 1. The maximum atomic E-state index is 13.1. The minimum Gasteiger partial charge on any atom is -0.399 e. The molecule has 0 radical (unpaired) electrons. The van der Waals surface area contributed by atoms with Crippen LogP contribution in [0.5, 0.6) is 0 Å². The van der Waals surface area contributed by atoms with Crippen molar-refractivity contribution < 1.29 is 13.6 Å². The number of hydrogen-bond donors (Lipinski definition) is 1. The largest absolute Gasteiger partial charge is 0.399 e. The van der Waals surface area contributed by atoms with Crippen LogP contribution >= 0.6 is 0 Å². The van der Waals surface area contributed by atoms with Gasteiger partial charge in [0.25, 0.3) is 5.91 Å². The number of amides is 1. The third-order valence-corrected chi connectivity index (χ3v) is 2.91. The summed E-state index contributed by atoms with van der Waals surface area (Å²) in [5.41, 5.74) is 7.24. The molecule has 0 aliphatic rings. The molecule has 0 aromatic heterocycles. The quantitative estimate of drug-likeness (QED) is 0.876. The van der Waals surface area contributed by atoms with Gasteiger partial charge >= 0.3 is 0 Å². The molecule has 2 aromatic rings. The Labute approximate surface area is 115 Å². The first-order valence-electron chi connectivity index (χ1n) is 6.02. The van der Waals surface area contributed by atoms with Crippen molar-refractivity contribution in [3.8, 4) is 0 Å². The van der Waals surface area contributed by atoms with Crippen LogP contribution in [0.3, 0.4) is 0 Å². The topological polar surface area (TPSA) is 46.3 Å². The smallest absolute Gasteiger partial charge is 0.254 e. The lowest BCUT2D eigenvalue weighted by molar-refractivity contribution is 0.0784. The fraction of sp³-hybridized carbons (Fsp3) is 0.133. The molecule has 0 saturated carbocycles. The Morgan fingerprint density at radius 2 is 1.75 bits per heavy atom. The molecular formula is C15H14F2N2O. The summed E-state index contributed by atoms with van der Waals surface area (Å²) in [7, 11) is 1.60. The molecule has 0 aliphatic heterocycles. The van der Waals surface area contributed by atoms with Gasteiger partial charge in [-0.05, 0) is 35.9 Å². The van der Waals surface area contributed by atoms with Crippen LogP contribution in [0.15, 0.2) is 42.5 Å². The molecule has 104 valence electrons. The zero-order valence-electron chi connectivity index (χ0n) is 10.9. The van der Waals surface area contributed by atoms with Crippen LogP contribution in [-0.2, 0) is 6.54 Å². The number of nitrogens with two attached hydrogens (primary N) is 1. The SMILES string of the molecule is CN(Cc1ccc(N)cc1)C(=O)c1ccc(F)c(F)c1. The average molecular weight is 276 g/mol. The van der Waals surface area contributed by atoms with Gasteiger partial charge in [0.2, 0.25) is 0 Å². The van der Waals surface area contributed by atoms with Crippen molar-refractivity contribution in [2.45, 2.75) is 6.54 Å². The lowest BCUT2D eigenvalue weighted by Crippen LogP contribution is -2.26. The number of halogens is 2. The molecule has 0 unspecified atom stereocenters. The number of hydrogen-bond acceptors (Lipinski definition) is 2. The van der Waals surface area contributed by atoms with Crippen molar-refractivity contribution in [1.29, 1.82) is 0 Å². The highest BCUT2D eigenvalue weighted by Gasteiger charge is 2.14. The Kier molecular flexibility index (Phi) is 3.98. The van der Waals surface area contributed by atoms with Gasteiger partial charge in [0.05, 0.1) is 0 Å². The van der Waals surface area contributed by atoms with Crippen LogP contribution in [0.1, 0.15) is 15.9 Å². The summed E-state index contributed by atoms with van der Waals surface area (Å²) >= 11 is 0. The molecule has 0 fully saturated rings. The fourth-order valence-electron chi connectivity index (χ4n) is 1.82. The van der Waals surface area contributed by atoms with E-state index in [2.05, 4.69) is 0 Å². The second kappa shape index (κ2) is 5.69. The second-order valence-corrected chi connectivity index (χ2v) is 4.53. The molecule has 3 nitrogen and oxygen atoms in total. The number of nitrogen functional groups attached to an aromatic ring is 1. The van der Waals surface area contributed by atoms with E-state index in [0.717, 1.165) is 17.7 Å². The molecule has 0 spiro atoms. The van der Waals surface area contributed by atoms with Gasteiger partial charge in [-0.15, -0.1) is 0 Å². The molecule has 0 atom stereocenters. The fourth-order valence-corrected chi connectivity index (χ4v) is 1.82. The Morgan fingerprint density at radius 3 is 2.35 bits per heavy atom. The van der Waals surface area contributed by atoms with Gasteiger partial charge < -0.3 is 10.6 Å². The first-order chi connectivity index (χ1) is 9.47. The molecule has 2 aromatic carbocycles. The maximum absolute atomic E-state index is 13.1. The van der Waals surface area contributed by atoms with E-state index in [9.17, 15) is 13.6 Å². The minimum absolute atomic E-state index is 0.113. The summed E-state index contributed by atoms with van der Waals surface area (Å²) in [6.45, 7) is 0.359. The molecule has 2 rings (SSSR count). The zero-order valence-corrected chi connectivity index (χ0v) is 10.9. The summed E-state index contributed by atoms with van der Waals surface area (Å²) in [5.74, 6) is -2.37. The van der Waals surface area contributed by atoms with E-state index in [0.29, 0.717) is 12.2 Å². The predicted octanol–water partition coefficient (Wildman–Crippen LogP) is 2.82. The molecule has 0 heterocycles. The van der Waals surface area contributed by atoms with Gasteiger partial charge in [0.1, 0.15) is 0 Å². The standard InChI is InChI=1S/C15H14F2N2O/c1-19(9-10-2-5-12(18)6-3-10)15(20)11-4-7-13(16)14(17)8-11/h2-8H,9,18H2,1H3. The third-order valence-electron chi connectivity index (χ3n) is 2.91. The van der Waals surface area contributed by atoms with Gasteiger partial charge in [0, 0.05) is 24.8 Å². The maximum Gasteiger partial charge on any atom is 0.254 e. The lowest BCUT2D eigenvalue weighted by atomic mass is 10.1. The summed E-state index contributed by atoms with van der Waals surface area (Å²) in [4.78, 5) is 13.5. The van der Waals surface area contributed by atoms with E-state index in [4.69, 9.17) is 5.73 Å². The highest BCUT2D eigenvalue weighted by molar-refractivity contribution is 5.94. The molecule has 20 heavy (non-hydrogen) atoms. The van der Waals surface area contributed by atoms with E-state index >= 15 is 0 Å². The zero-order chi connectivity index (χ0) is 14.7. The molecule has 0 aliphatic carbocycles. The molecule has 2 N–H and O–H groups in total. The monoisotopic (exact) mass is 276 g/mol. The normalized spacial score (nSPS) is 10.3. The Bertz CT molecular complexity index is 626. The third kappa shape index (κ3) is 3.12. The van der Waals surface area contributed by atoms with Crippen LogP contribution in [0.4, 0.5) is 14.5 Å². The van der Waals surface area contributed by atoms with Crippen LogP contribution in [0, 0.1) is 11.6 Å². The number of rotatable bonds is 3. The van der Waals surface area contributed by atoms with E-state index in [-0.39, 0.29) is 11.5 Å². The van der Waals surface area contributed by atoms with Crippen molar-refractivity contribution in [1.82, 2.24) is 4.90 Å². The molecule has 1 amide bonds. The molecule has 5 heteroatoms. The summed E-state index contributed by atoms with van der Waals surface area (Å²) in [6.07, 6.45) is 0. The Morgan fingerprint density at radius 1 is 1.10 bits per heavy atom. The molecule has 0 saturated heterocycles. The van der Waals surface area contributed by atoms with E-state index in [1.54, 1.807) is 19.2 Å². The van der Waals surface area contributed by atoms with E-state index in [1.807, 2.05) is 12.1 Å². The first-order valence-corrected chi connectivity index (χ1v) is 6.02. The van der Waals surface area contributed by atoms with E-state index in [1.165, 1.54) is 11.0 Å². The summed E-state index contributed by atoms with van der Waals surface area (Å²) < 4.78 is 26.0. The number of benzene rings is 2. The van der Waals surface area contributed by atoms with Crippen molar-refractivity contribution >= 4 is 11.6 Å². The van der Waals surface area contributed by atoms with Crippen LogP contribution in [0.25, 0.3) is 0 Å². The van der Waals surface area contributed by atoms with Crippen LogP contribution < -0.4 is 5.73 Å². The van der Waals surface area contributed by atoms with E-state index < -0.39 is 11.6 Å². The second-order valence-electron chi connectivity index (χ2n) is 4.53. The first kappa shape index (κ1) is 14.0. The molecule has 0 bridgehead atoms. The Balaban J connectivity index is 2.11. The number of nitrogens with zero attached hydrogens (tertiary/aromatic N) is 1. The van der Waals surface area contributed by atoms with Gasteiger partial charge in [-0.3, -0.25) is 4.79 Å². The summed E-state index contributed by atoms with van der Waals surface area (Å²) in [5, 5.41) is 0. The highest BCUT2D eigenvalue weighted by atomic mass is 19.2. The van der Waals surface area contributed by atoms with Gasteiger partial charge in [-0.25, -0.2) is 8.78 Å². The lowest BCUT2D eigenvalue weighted by Gasteiger charge is -2.17. The predicted molar refractivity (Wildman–Crippen MR) is 73.0 cm³/mol. The highest BCUT2D eigenvalue weighted by Crippen LogP contribution is 2.13. The van der Waals surface area contributed by atoms with Crippen molar-refractivity contribution in [3.05, 3.63) is 65.2 Å². The molecular weight excluding hydrogens is 262 g/mol. The van der Waals surface area contributed by atoms with Crippen LogP contribution in [0.2, 0.25) is 0 Å².